The van der Waals surface area contributed by atoms with Crippen LogP contribution in [0.1, 0.15) is 12.8 Å². The average Bonchev–Trinajstić information content (AvgIpc) is 3.13. The molecule has 1 saturated carbocycles. The summed E-state index contributed by atoms with van der Waals surface area (Å²) in [5.41, 5.74) is 0.685. The lowest BCUT2D eigenvalue weighted by atomic mass is 10.3. The molecule has 0 aromatic heterocycles. The zero-order valence-electron chi connectivity index (χ0n) is 10.3. The molecule has 18 heavy (non-hydrogen) atoms. The van der Waals surface area contributed by atoms with E-state index in [0.29, 0.717) is 18.0 Å². The van der Waals surface area contributed by atoms with E-state index in [4.69, 9.17) is 4.74 Å². The van der Waals surface area contributed by atoms with E-state index in [0.717, 1.165) is 16.9 Å². The molecule has 5 heteroatoms. The van der Waals surface area contributed by atoms with Gasteiger partial charge in [0.25, 0.3) is 0 Å². The molecule has 0 atom stereocenters. The van der Waals surface area contributed by atoms with Gasteiger partial charge in [0.15, 0.2) is 0 Å². The van der Waals surface area contributed by atoms with Gasteiger partial charge in [-0.05, 0) is 43.5 Å². The van der Waals surface area contributed by atoms with Crippen molar-refractivity contribution in [2.75, 3.05) is 25.5 Å². The summed E-state index contributed by atoms with van der Waals surface area (Å²) < 4.78 is 6.10. The topological polar surface area (TPSA) is 50.4 Å². The van der Waals surface area contributed by atoms with Gasteiger partial charge in [-0.25, -0.2) is 0 Å². The standard InChI is InChI=1S/C13H17BrN2O2/c1-18-12-5-4-10(14)6-11(12)16-13(17)8-15-7-9-2-3-9/h4-6,9,15H,2-3,7-8H2,1H3,(H,16,17). The Morgan fingerprint density at radius 1 is 1.50 bits per heavy atom. The van der Waals surface area contributed by atoms with E-state index in [-0.39, 0.29) is 5.91 Å². The third-order valence-corrected chi connectivity index (χ3v) is 3.34. The second-order valence-electron chi connectivity index (χ2n) is 4.47. The summed E-state index contributed by atoms with van der Waals surface area (Å²) in [5.74, 6) is 1.39. The fraction of sp³-hybridized carbons (Fsp3) is 0.462. The second kappa shape index (κ2) is 6.20. The Morgan fingerprint density at radius 2 is 2.28 bits per heavy atom. The Balaban J connectivity index is 1.86. The molecule has 0 bridgehead atoms. The molecule has 1 aliphatic rings. The zero-order chi connectivity index (χ0) is 13.0. The largest absolute Gasteiger partial charge is 0.495 e. The quantitative estimate of drug-likeness (QED) is 0.848. The van der Waals surface area contributed by atoms with Crippen molar-refractivity contribution in [1.29, 1.82) is 0 Å². The number of carbonyl (C=O) groups excluding carboxylic acids is 1. The Labute approximate surface area is 115 Å². The molecule has 0 saturated heterocycles. The van der Waals surface area contributed by atoms with Crippen LogP contribution in [-0.2, 0) is 4.79 Å². The van der Waals surface area contributed by atoms with Crippen molar-refractivity contribution in [2.45, 2.75) is 12.8 Å². The third kappa shape index (κ3) is 3.99. The normalized spacial score (nSPS) is 14.3. The summed E-state index contributed by atoms with van der Waals surface area (Å²) in [4.78, 5) is 11.7. The molecule has 1 aromatic carbocycles. The van der Waals surface area contributed by atoms with Crippen LogP contribution < -0.4 is 15.4 Å². The highest BCUT2D eigenvalue weighted by Gasteiger charge is 2.20. The first-order chi connectivity index (χ1) is 8.69. The van der Waals surface area contributed by atoms with E-state index in [2.05, 4.69) is 26.6 Å². The number of halogens is 1. The van der Waals surface area contributed by atoms with Gasteiger partial charge in [-0.2, -0.15) is 0 Å². The first kappa shape index (κ1) is 13.4. The molecule has 0 aliphatic heterocycles. The summed E-state index contributed by atoms with van der Waals surface area (Å²) >= 11 is 3.37. The molecule has 98 valence electrons. The lowest BCUT2D eigenvalue weighted by Gasteiger charge is -2.11. The molecular weight excluding hydrogens is 296 g/mol. The Hall–Kier alpha value is -1.07. The average molecular weight is 313 g/mol. The van der Waals surface area contributed by atoms with Crippen LogP contribution in [0.25, 0.3) is 0 Å². The minimum atomic E-state index is -0.0490. The molecule has 0 spiro atoms. The predicted octanol–water partition coefficient (Wildman–Crippen LogP) is 2.40. The van der Waals surface area contributed by atoms with Gasteiger partial charge in [0.2, 0.25) is 5.91 Å². The minimum Gasteiger partial charge on any atom is -0.495 e. The summed E-state index contributed by atoms with van der Waals surface area (Å²) in [5, 5.41) is 5.99. The van der Waals surface area contributed by atoms with Crippen molar-refractivity contribution in [1.82, 2.24) is 5.32 Å². The number of methoxy groups -OCH3 is 1. The number of hydrogen-bond donors (Lipinski definition) is 2. The second-order valence-corrected chi connectivity index (χ2v) is 5.38. The number of nitrogens with one attached hydrogen (secondary N) is 2. The van der Waals surface area contributed by atoms with E-state index >= 15 is 0 Å². The van der Waals surface area contributed by atoms with Crippen molar-refractivity contribution in [2.24, 2.45) is 5.92 Å². The van der Waals surface area contributed by atoms with Gasteiger partial charge in [0.1, 0.15) is 5.75 Å². The number of anilines is 1. The third-order valence-electron chi connectivity index (χ3n) is 2.85. The van der Waals surface area contributed by atoms with E-state index in [1.807, 2.05) is 18.2 Å². The van der Waals surface area contributed by atoms with Crippen LogP contribution in [0.5, 0.6) is 5.75 Å². The van der Waals surface area contributed by atoms with Crippen LogP contribution >= 0.6 is 15.9 Å². The molecule has 0 unspecified atom stereocenters. The van der Waals surface area contributed by atoms with Gasteiger partial charge in [0, 0.05) is 4.47 Å². The molecule has 1 amide bonds. The minimum absolute atomic E-state index is 0.0490. The lowest BCUT2D eigenvalue weighted by molar-refractivity contribution is -0.115. The molecule has 2 rings (SSSR count). The van der Waals surface area contributed by atoms with E-state index in [1.165, 1.54) is 12.8 Å². The zero-order valence-corrected chi connectivity index (χ0v) is 11.9. The molecule has 1 fully saturated rings. The van der Waals surface area contributed by atoms with Crippen LogP contribution in [0, 0.1) is 5.92 Å². The number of hydrogen-bond acceptors (Lipinski definition) is 3. The number of carbonyl (C=O) groups is 1. The van der Waals surface area contributed by atoms with E-state index < -0.39 is 0 Å². The summed E-state index contributed by atoms with van der Waals surface area (Å²) in [6, 6.07) is 5.52. The van der Waals surface area contributed by atoms with Crippen molar-refractivity contribution in [3.8, 4) is 5.75 Å². The molecule has 1 aliphatic carbocycles. The van der Waals surface area contributed by atoms with Gasteiger partial charge in [0.05, 0.1) is 19.3 Å². The number of rotatable bonds is 6. The van der Waals surface area contributed by atoms with Gasteiger partial charge in [-0.1, -0.05) is 15.9 Å². The molecule has 2 N–H and O–H groups in total. The monoisotopic (exact) mass is 312 g/mol. The summed E-state index contributed by atoms with van der Waals surface area (Å²) in [6.45, 7) is 1.27. The molecule has 1 aromatic rings. The van der Waals surface area contributed by atoms with Crippen molar-refractivity contribution >= 4 is 27.5 Å². The first-order valence-electron chi connectivity index (χ1n) is 6.03. The molecule has 0 heterocycles. The number of ether oxygens (including phenoxy) is 1. The molecular formula is C13H17BrN2O2. The van der Waals surface area contributed by atoms with Gasteiger partial charge in [-0.3, -0.25) is 4.79 Å². The van der Waals surface area contributed by atoms with Gasteiger partial charge < -0.3 is 15.4 Å². The van der Waals surface area contributed by atoms with E-state index in [9.17, 15) is 4.79 Å². The van der Waals surface area contributed by atoms with Gasteiger partial charge in [-0.15, -0.1) is 0 Å². The maximum Gasteiger partial charge on any atom is 0.238 e. The predicted molar refractivity (Wildman–Crippen MR) is 74.9 cm³/mol. The van der Waals surface area contributed by atoms with Crippen LogP contribution in [-0.4, -0.2) is 26.1 Å². The highest BCUT2D eigenvalue weighted by atomic mass is 79.9. The van der Waals surface area contributed by atoms with Crippen LogP contribution in [0.15, 0.2) is 22.7 Å². The first-order valence-corrected chi connectivity index (χ1v) is 6.82. The van der Waals surface area contributed by atoms with Crippen LogP contribution in [0.4, 0.5) is 5.69 Å². The van der Waals surface area contributed by atoms with Gasteiger partial charge >= 0.3 is 0 Å². The Morgan fingerprint density at radius 3 is 2.94 bits per heavy atom. The highest BCUT2D eigenvalue weighted by Crippen LogP contribution is 2.28. The molecule has 4 nitrogen and oxygen atoms in total. The fourth-order valence-electron chi connectivity index (χ4n) is 1.68. The lowest BCUT2D eigenvalue weighted by Crippen LogP contribution is -2.29. The highest BCUT2D eigenvalue weighted by molar-refractivity contribution is 9.10. The van der Waals surface area contributed by atoms with Crippen LogP contribution in [0.3, 0.4) is 0 Å². The van der Waals surface area contributed by atoms with Crippen molar-refractivity contribution in [3.05, 3.63) is 22.7 Å². The Bertz CT molecular complexity index is 433. The van der Waals surface area contributed by atoms with Crippen molar-refractivity contribution < 1.29 is 9.53 Å². The maximum atomic E-state index is 11.7. The maximum absolute atomic E-state index is 11.7. The smallest absolute Gasteiger partial charge is 0.238 e. The van der Waals surface area contributed by atoms with E-state index in [1.54, 1.807) is 7.11 Å². The fourth-order valence-corrected chi connectivity index (χ4v) is 2.05. The van der Waals surface area contributed by atoms with Crippen molar-refractivity contribution in [3.63, 3.8) is 0 Å². The number of benzene rings is 1. The molecule has 0 radical (unpaired) electrons. The summed E-state index contributed by atoms with van der Waals surface area (Å²) in [6.07, 6.45) is 2.57. The SMILES string of the molecule is COc1ccc(Br)cc1NC(=O)CNCC1CC1. The Kier molecular flexibility index (Phi) is 4.60. The van der Waals surface area contributed by atoms with Crippen LogP contribution in [0.2, 0.25) is 0 Å². The summed E-state index contributed by atoms with van der Waals surface area (Å²) in [7, 11) is 1.59. The number of amides is 1.